The highest BCUT2D eigenvalue weighted by molar-refractivity contribution is 6.32. The van der Waals surface area contributed by atoms with Crippen molar-refractivity contribution < 1.29 is 18.0 Å². The van der Waals surface area contributed by atoms with Crippen LogP contribution in [0.15, 0.2) is 40.8 Å². The number of hydrogen-bond acceptors (Lipinski definition) is 5. The normalized spacial score (nSPS) is 18.6. The van der Waals surface area contributed by atoms with E-state index in [2.05, 4.69) is 20.2 Å². The van der Waals surface area contributed by atoms with Gasteiger partial charge in [0.1, 0.15) is 29.0 Å². The maximum absolute atomic E-state index is 13.0. The number of anilines is 1. The first kappa shape index (κ1) is 16.6. The van der Waals surface area contributed by atoms with Gasteiger partial charge in [0.15, 0.2) is 0 Å². The molecule has 26 heavy (non-hydrogen) atoms. The molecule has 0 radical (unpaired) electrons. The molecule has 4 heterocycles. The summed E-state index contributed by atoms with van der Waals surface area (Å²) in [5, 5.41) is 7.70. The molecule has 10 heteroatoms. The fourth-order valence-electron chi connectivity index (χ4n) is 2.90. The summed E-state index contributed by atoms with van der Waals surface area (Å²) in [4.78, 5) is 21.4. The molecule has 0 aliphatic carbocycles. The van der Waals surface area contributed by atoms with Gasteiger partial charge in [-0.05, 0) is 18.2 Å². The van der Waals surface area contributed by atoms with Crippen LogP contribution >= 0.6 is 11.6 Å². The largest absolute Gasteiger partial charge is 0.406 e. The van der Waals surface area contributed by atoms with Gasteiger partial charge in [0.25, 0.3) is 0 Å². The predicted molar refractivity (Wildman–Crippen MR) is 89.4 cm³/mol. The zero-order valence-corrected chi connectivity index (χ0v) is 13.7. The van der Waals surface area contributed by atoms with Crippen LogP contribution in [0.2, 0.25) is 5.15 Å². The highest BCUT2D eigenvalue weighted by Gasteiger charge is 2.44. The number of halogens is 4. The van der Waals surface area contributed by atoms with E-state index >= 15 is 0 Å². The van der Waals surface area contributed by atoms with Crippen LogP contribution in [0.4, 0.5) is 18.9 Å². The van der Waals surface area contributed by atoms with Gasteiger partial charge >= 0.3 is 6.18 Å². The Balaban J connectivity index is 1.88. The van der Waals surface area contributed by atoms with Crippen molar-refractivity contribution in [3.63, 3.8) is 0 Å². The minimum Gasteiger partial charge on any atom is -0.300 e. The minimum absolute atomic E-state index is 0.0187. The van der Waals surface area contributed by atoms with Crippen molar-refractivity contribution in [1.29, 1.82) is 0 Å². The van der Waals surface area contributed by atoms with E-state index in [1.54, 1.807) is 12.1 Å². The molecule has 132 valence electrons. The highest BCUT2D eigenvalue weighted by atomic mass is 35.5. The average molecular weight is 380 g/mol. The first-order chi connectivity index (χ1) is 12.3. The molecule has 0 aromatic carbocycles. The first-order valence-electron chi connectivity index (χ1n) is 7.45. The van der Waals surface area contributed by atoms with Gasteiger partial charge in [-0.25, -0.2) is 4.98 Å². The topological polar surface area (TPSA) is 70.8 Å². The van der Waals surface area contributed by atoms with Gasteiger partial charge in [-0.2, -0.15) is 23.4 Å². The quantitative estimate of drug-likeness (QED) is 0.753. The Hall–Kier alpha value is -2.81. The molecule has 2 aromatic rings. The van der Waals surface area contributed by atoms with Crippen LogP contribution in [0.1, 0.15) is 5.69 Å². The second-order valence-corrected chi connectivity index (χ2v) is 6.06. The SMILES string of the molecule is O=C1C2C=NN=C2c2ncc(-c3cccnc3Cl)cc2N1CC(F)(F)F. The van der Waals surface area contributed by atoms with Crippen molar-refractivity contribution in [3.05, 3.63) is 41.4 Å². The van der Waals surface area contributed by atoms with Crippen molar-refractivity contribution in [1.82, 2.24) is 9.97 Å². The molecule has 2 aliphatic heterocycles. The van der Waals surface area contributed by atoms with E-state index in [9.17, 15) is 18.0 Å². The van der Waals surface area contributed by atoms with E-state index in [0.717, 1.165) is 0 Å². The Morgan fingerprint density at radius 2 is 2.08 bits per heavy atom. The smallest absolute Gasteiger partial charge is 0.300 e. The number of pyridine rings is 2. The van der Waals surface area contributed by atoms with E-state index in [1.165, 1.54) is 24.7 Å². The standard InChI is InChI=1S/C16H9ClF3N5O/c17-14-9(2-1-3-21-14)8-4-11-13(22-5-8)12-10(6-23-24-12)15(26)25(11)7-16(18,19)20/h1-6,10H,7H2. The van der Waals surface area contributed by atoms with Crippen molar-refractivity contribution in [3.8, 4) is 11.1 Å². The van der Waals surface area contributed by atoms with Crippen LogP contribution in [0.5, 0.6) is 0 Å². The van der Waals surface area contributed by atoms with Gasteiger partial charge in [-0.15, -0.1) is 0 Å². The maximum atomic E-state index is 13.0. The van der Waals surface area contributed by atoms with Crippen molar-refractivity contribution in [2.45, 2.75) is 6.18 Å². The molecule has 1 amide bonds. The monoisotopic (exact) mass is 379 g/mol. The number of nitrogens with zero attached hydrogens (tertiary/aromatic N) is 5. The molecule has 0 saturated carbocycles. The Kier molecular flexibility index (Phi) is 3.76. The van der Waals surface area contributed by atoms with Crippen LogP contribution < -0.4 is 4.90 Å². The molecular formula is C16H9ClF3N5O. The average Bonchev–Trinajstić information content (AvgIpc) is 3.08. The summed E-state index contributed by atoms with van der Waals surface area (Å²) in [6.07, 6.45) is -0.398. The van der Waals surface area contributed by atoms with Gasteiger partial charge in [-0.3, -0.25) is 9.78 Å². The number of hydrogen-bond donors (Lipinski definition) is 0. The highest BCUT2D eigenvalue weighted by Crippen LogP contribution is 2.37. The van der Waals surface area contributed by atoms with Crippen molar-refractivity contribution in [2.75, 3.05) is 11.4 Å². The fourth-order valence-corrected chi connectivity index (χ4v) is 3.13. The second kappa shape index (κ2) is 5.87. The Bertz CT molecular complexity index is 973. The number of aromatic nitrogens is 2. The third kappa shape index (κ3) is 2.74. The van der Waals surface area contributed by atoms with Gasteiger partial charge < -0.3 is 4.90 Å². The number of carbonyl (C=O) groups excluding carboxylic acids is 1. The molecule has 1 atom stereocenters. The molecule has 2 aromatic heterocycles. The van der Waals surface area contributed by atoms with Crippen molar-refractivity contribution in [2.24, 2.45) is 16.1 Å². The molecule has 0 fully saturated rings. The summed E-state index contributed by atoms with van der Waals surface area (Å²) in [6.45, 7) is -1.43. The molecular weight excluding hydrogens is 371 g/mol. The van der Waals surface area contributed by atoms with Crippen LogP contribution in [0.3, 0.4) is 0 Å². The molecule has 4 rings (SSSR count). The van der Waals surface area contributed by atoms with Gasteiger partial charge in [0.05, 0.1) is 5.69 Å². The lowest BCUT2D eigenvalue weighted by Crippen LogP contribution is -2.48. The molecule has 0 bridgehead atoms. The van der Waals surface area contributed by atoms with Crippen LogP contribution in [-0.4, -0.2) is 40.5 Å². The van der Waals surface area contributed by atoms with Crippen LogP contribution in [-0.2, 0) is 4.79 Å². The molecule has 6 nitrogen and oxygen atoms in total. The second-order valence-electron chi connectivity index (χ2n) is 5.70. The van der Waals surface area contributed by atoms with Gasteiger partial charge in [-0.1, -0.05) is 11.6 Å². The van der Waals surface area contributed by atoms with E-state index in [1.807, 2.05) is 0 Å². The van der Waals surface area contributed by atoms with E-state index < -0.39 is 24.5 Å². The van der Waals surface area contributed by atoms with Crippen molar-refractivity contribution >= 4 is 35.1 Å². The van der Waals surface area contributed by atoms with Gasteiger partial charge in [0, 0.05) is 29.7 Å². The summed E-state index contributed by atoms with van der Waals surface area (Å²) < 4.78 is 39.1. The van der Waals surface area contributed by atoms with Gasteiger partial charge in [0.2, 0.25) is 5.91 Å². The first-order valence-corrected chi connectivity index (χ1v) is 7.83. The van der Waals surface area contributed by atoms with Crippen LogP contribution in [0, 0.1) is 5.92 Å². The number of carbonyl (C=O) groups is 1. The maximum Gasteiger partial charge on any atom is 0.406 e. The predicted octanol–water partition coefficient (Wildman–Crippen LogP) is 3.11. The van der Waals surface area contributed by atoms with Crippen LogP contribution in [0.25, 0.3) is 11.1 Å². The summed E-state index contributed by atoms with van der Waals surface area (Å²) in [6, 6.07) is 4.74. The molecule has 0 spiro atoms. The Labute approximate surface area is 150 Å². The number of rotatable bonds is 2. The zero-order chi connectivity index (χ0) is 18.5. The lowest BCUT2D eigenvalue weighted by molar-refractivity contribution is -0.132. The van der Waals surface area contributed by atoms with E-state index in [4.69, 9.17) is 11.6 Å². The number of amides is 1. The third-order valence-corrected chi connectivity index (χ3v) is 4.32. The third-order valence-electron chi connectivity index (χ3n) is 4.02. The Morgan fingerprint density at radius 1 is 1.27 bits per heavy atom. The molecule has 0 saturated heterocycles. The fraction of sp³-hybridized carbons (Fsp3) is 0.188. The zero-order valence-electron chi connectivity index (χ0n) is 12.9. The number of alkyl halides is 3. The lowest BCUT2D eigenvalue weighted by Gasteiger charge is -2.32. The summed E-state index contributed by atoms with van der Waals surface area (Å²) in [5.74, 6) is -1.70. The summed E-state index contributed by atoms with van der Waals surface area (Å²) in [7, 11) is 0. The van der Waals surface area contributed by atoms with E-state index in [0.29, 0.717) is 16.0 Å². The number of fused-ring (bicyclic) bond motifs is 3. The molecule has 0 N–H and O–H groups in total. The minimum atomic E-state index is -4.57. The Morgan fingerprint density at radius 3 is 2.81 bits per heavy atom. The summed E-state index contributed by atoms with van der Waals surface area (Å²) in [5.41, 5.74) is 1.40. The summed E-state index contributed by atoms with van der Waals surface area (Å²) >= 11 is 6.06. The molecule has 1 unspecified atom stereocenters. The molecule has 2 aliphatic rings. The lowest BCUT2D eigenvalue weighted by atomic mass is 9.93. The van der Waals surface area contributed by atoms with E-state index in [-0.39, 0.29) is 22.2 Å².